The molecule has 1 fully saturated rings. The van der Waals surface area contributed by atoms with Crippen LogP contribution in [0.4, 0.5) is 0 Å². The van der Waals surface area contributed by atoms with Crippen LogP contribution in [0, 0.1) is 6.92 Å². The molecular formula is C10H13BrO2S. The summed E-state index contributed by atoms with van der Waals surface area (Å²) in [6.45, 7) is 2.82. The number of hydrogen-bond acceptors (Lipinski definition) is 3. The molecule has 1 aromatic rings. The summed E-state index contributed by atoms with van der Waals surface area (Å²) in [6, 6.07) is 2.04. The van der Waals surface area contributed by atoms with Crippen LogP contribution in [-0.2, 0) is 4.74 Å². The number of aryl methyl sites for hydroxylation is 1. The molecule has 2 nitrogen and oxygen atoms in total. The van der Waals surface area contributed by atoms with Gasteiger partial charge in [-0.2, -0.15) is 0 Å². The van der Waals surface area contributed by atoms with Gasteiger partial charge in [0, 0.05) is 16.0 Å². The van der Waals surface area contributed by atoms with E-state index in [0.29, 0.717) is 0 Å². The van der Waals surface area contributed by atoms with Crippen molar-refractivity contribution < 1.29 is 9.84 Å². The second kappa shape index (κ2) is 4.31. The van der Waals surface area contributed by atoms with Crippen molar-refractivity contribution in [1.29, 1.82) is 0 Å². The monoisotopic (exact) mass is 276 g/mol. The third-order valence-corrected chi connectivity index (χ3v) is 4.46. The first-order valence-electron chi connectivity index (χ1n) is 4.74. The van der Waals surface area contributed by atoms with E-state index in [1.165, 1.54) is 4.88 Å². The lowest BCUT2D eigenvalue weighted by Gasteiger charge is -2.16. The highest BCUT2D eigenvalue weighted by atomic mass is 79.9. The third-order valence-electron chi connectivity index (χ3n) is 2.42. The molecule has 1 saturated heterocycles. The van der Waals surface area contributed by atoms with Crippen molar-refractivity contribution in [3.05, 3.63) is 20.3 Å². The Hall–Kier alpha value is 0.1000. The number of aliphatic hydroxyl groups is 1. The molecule has 2 unspecified atom stereocenters. The fraction of sp³-hybridized carbons (Fsp3) is 0.600. The zero-order valence-electron chi connectivity index (χ0n) is 8.00. The molecule has 0 aromatic carbocycles. The van der Waals surface area contributed by atoms with Crippen LogP contribution in [-0.4, -0.2) is 17.8 Å². The number of halogens is 1. The molecule has 0 saturated carbocycles. The van der Waals surface area contributed by atoms with Gasteiger partial charge in [0.2, 0.25) is 0 Å². The minimum absolute atomic E-state index is 0.00986. The Kier molecular flexibility index (Phi) is 3.27. The van der Waals surface area contributed by atoms with E-state index in [9.17, 15) is 5.11 Å². The highest BCUT2D eigenvalue weighted by Gasteiger charge is 2.27. The Bertz CT molecular complexity index is 318. The maximum atomic E-state index is 10.1. The molecule has 0 amide bonds. The highest BCUT2D eigenvalue weighted by molar-refractivity contribution is 9.10. The smallest absolute Gasteiger partial charge is 0.115 e. The zero-order chi connectivity index (χ0) is 10.1. The van der Waals surface area contributed by atoms with E-state index in [1.807, 2.05) is 13.0 Å². The summed E-state index contributed by atoms with van der Waals surface area (Å²) >= 11 is 5.09. The molecule has 78 valence electrons. The van der Waals surface area contributed by atoms with Crippen molar-refractivity contribution in [2.24, 2.45) is 0 Å². The van der Waals surface area contributed by atoms with E-state index in [4.69, 9.17) is 4.74 Å². The standard InChI is InChI=1S/C10H13BrO2S/c1-6-5-7(11)10(14-6)9(12)8-3-2-4-13-8/h5,8-9,12H,2-4H2,1H3. The quantitative estimate of drug-likeness (QED) is 0.900. The van der Waals surface area contributed by atoms with Gasteiger partial charge in [0.1, 0.15) is 6.10 Å². The second-order valence-corrected chi connectivity index (χ2v) is 5.71. The normalized spacial score (nSPS) is 24.1. The molecule has 1 aliphatic rings. The predicted octanol–water partition coefficient (Wildman–Crippen LogP) is 3.03. The Morgan fingerprint density at radius 3 is 3.00 bits per heavy atom. The first kappa shape index (κ1) is 10.6. The maximum absolute atomic E-state index is 10.1. The van der Waals surface area contributed by atoms with Gasteiger partial charge in [-0.3, -0.25) is 0 Å². The number of hydrogen-bond donors (Lipinski definition) is 1. The molecule has 2 atom stereocenters. The lowest BCUT2D eigenvalue weighted by molar-refractivity contribution is -0.00109. The van der Waals surface area contributed by atoms with Gasteiger partial charge in [0.25, 0.3) is 0 Å². The first-order chi connectivity index (χ1) is 6.68. The van der Waals surface area contributed by atoms with Crippen LogP contribution in [0.25, 0.3) is 0 Å². The molecular weight excluding hydrogens is 264 g/mol. The summed E-state index contributed by atoms with van der Waals surface area (Å²) in [7, 11) is 0. The molecule has 0 spiro atoms. The fourth-order valence-corrected chi connectivity index (χ4v) is 3.65. The molecule has 14 heavy (non-hydrogen) atoms. The van der Waals surface area contributed by atoms with Gasteiger partial charge in [-0.1, -0.05) is 0 Å². The van der Waals surface area contributed by atoms with Crippen molar-refractivity contribution >= 4 is 27.3 Å². The van der Waals surface area contributed by atoms with E-state index in [2.05, 4.69) is 15.9 Å². The van der Waals surface area contributed by atoms with E-state index >= 15 is 0 Å². The Balaban J connectivity index is 2.17. The Morgan fingerprint density at radius 1 is 1.71 bits per heavy atom. The van der Waals surface area contributed by atoms with Crippen LogP contribution >= 0.6 is 27.3 Å². The molecule has 1 aromatic heterocycles. The zero-order valence-corrected chi connectivity index (χ0v) is 10.4. The van der Waals surface area contributed by atoms with Gasteiger partial charge in [-0.25, -0.2) is 0 Å². The van der Waals surface area contributed by atoms with E-state index in [-0.39, 0.29) is 6.10 Å². The largest absolute Gasteiger partial charge is 0.385 e. The Labute approximate surface area is 96.0 Å². The van der Waals surface area contributed by atoms with E-state index < -0.39 is 6.10 Å². The molecule has 1 N–H and O–H groups in total. The molecule has 2 rings (SSSR count). The van der Waals surface area contributed by atoms with Crippen LogP contribution in [0.15, 0.2) is 10.5 Å². The SMILES string of the molecule is Cc1cc(Br)c(C(O)C2CCCO2)s1. The van der Waals surface area contributed by atoms with Crippen LogP contribution in [0.1, 0.15) is 28.7 Å². The van der Waals surface area contributed by atoms with Crippen molar-refractivity contribution in [1.82, 2.24) is 0 Å². The van der Waals surface area contributed by atoms with Crippen LogP contribution in [0.2, 0.25) is 0 Å². The third kappa shape index (κ3) is 2.03. The van der Waals surface area contributed by atoms with Crippen LogP contribution in [0.3, 0.4) is 0 Å². The summed E-state index contributed by atoms with van der Waals surface area (Å²) < 4.78 is 6.47. The molecule has 0 bridgehead atoms. The predicted molar refractivity (Wildman–Crippen MR) is 60.7 cm³/mol. The average Bonchev–Trinajstić information content (AvgIpc) is 2.73. The number of thiophene rings is 1. The van der Waals surface area contributed by atoms with E-state index in [1.54, 1.807) is 11.3 Å². The first-order valence-corrected chi connectivity index (χ1v) is 6.35. The molecule has 4 heteroatoms. The molecule has 2 heterocycles. The van der Waals surface area contributed by atoms with Gasteiger partial charge >= 0.3 is 0 Å². The Morgan fingerprint density at radius 2 is 2.50 bits per heavy atom. The van der Waals surface area contributed by atoms with Gasteiger partial charge in [-0.05, 0) is 41.8 Å². The molecule has 0 radical (unpaired) electrons. The summed E-state index contributed by atoms with van der Waals surface area (Å²) in [5.74, 6) is 0. The average molecular weight is 277 g/mol. The van der Waals surface area contributed by atoms with Crippen molar-refractivity contribution in [2.45, 2.75) is 32.0 Å². The summed E-state index contributed by atoms with van der Waals surface area (Å²) in [6.07, 6.45) is 1.55. The molecule has 0 aliphatic carbocycles. The fourth-order valence-electron chi connectivity index (χ4n) is 1.72. The van der Waals surface area contributed by atoms with Crippen LogP contribution in [0.5, 0.6) is 0 Å². The second-order valence-electron chi connectivity index (χ2n) is 3.57. The molecule has 1 aliphatic heterocycles. The van der Waals surface area contributed by atoms with Crippen molar-refractivity contribution in [3.8, 4) is 0 Å². The number of ether oxygens (including phenoxy) is 1. The van der Waals surface area contributed by atoms with Gasteiger partial charge in [0.15, 0.2) is 0 Å². The summed E-state index contributed by atoms with van der Waals surface area (Å²) in [5, 5.41) is 10.1. The highest BCUT2D eigenvalue weighted by Crippen LogP contribution is 2.36. The minimum Gasteiger partial charge on any atom is -0.385 e. The van der Waals surface area contributed by atoms with Crippen molar-refractivity contribution in [2.75, 3.05) is 6.61 Å². The van der Waals surface area contributed by atoms with Crippen LogP contribution < -0.4 is 0 Å². The van der Waals surface area contributed by atoms with Gasteiger partial charge in [-0.15, -0.1) is 11.3 Å². The van der Waals surface area contributed by atoms with Gasteiger partial charge < -0.3 is 9.84 Å². The number of rotatable bonds is 2. The van der Waals surface area contributed by atoms with E-state index in [0.717, 1.165) is 28.8 Å². The lowest BCUT2D eigenvalue weighted by atomic mass is 10.1. The number of aliphatic hydroxyl groups excluding tert-OH is 1. The minimum atomic E-state index is -0.467. The lowest BCUT2D eigenvalue weighted by Crippen LogP contribution is -2.16. The maximum Gasteiger partial charge on any atom is 0.115 e. The summed E-state index contributed by atoms with van der Waals surface area (Å²) in [5.41, 5.74) is 0. The van der Waals surface area contributed by atoms with Gasteiger partial charge in [0.05, 0.1) is 11.0 Å². The van der Waals surface area contributed by atoms with Crippen molar-refractivity contribution in [3.63, 3.8) is 0 Å². The summed E-state index contributed by atoms with van der Waals surface area (Å²) in [4.78, 5) is 2.21. The topological polar surface area (TPSA) is 29.5 Å².